The zero-order valence-electron chi connectivity index (χ0n) is 43.7. The van der Waals surface area contributed by atoms with Crippen LogP contribution in [0.5, 0.6) is 0 Å². The van der Waals surface area contributed by atoms with Crippen LogP contribution in [0, 0.1) is 11.8 Å². The number of aliphatic hydroxyl groups excluding tert-OH is 1. The van der Waals surface area contributed by atoms with Crippen LogP contribution in [0.2, 0.25) is 0 Å². The van der Waals surface area contributed by atoms with Crippen LogP contribution in [-0.4, -0.2) is 145 Å². The van der Waals surface area contributed by atoms with Crippen LogP contribution in [0.4, 0.5) is 0 Å². The van der Waals surface area contributed by atoms with Gasteiger partial charge in [0.2, 0.25) is 0 Å². The summed E-state index contributed by atoms with van der Waals surface area (Å²) >= 11 is 0. The average Bonchev–Trinajstić information content (AvgIpc) is 3.67. The Kier molecular flexibility index (Phi) is 14.5. The molecule has 12 rings (SSSR count). The fourth-order valence-corrected chi connectivity index (χ4v) is 14.8. The normalized spacial score (nSPS) is 46.5. The van der Waals surface area contributed by atoms with Crippen molar-refractivity contribution in [2.24, 2.45) is 11.8 Å². The van der Waals surface area contributed by atoms with E-state index in [1.54, 1.807) is 6.07 Å². The lowest BCUT2D eigenvalue weighted by atomic mass is 9.78. The smallest absolute Gasteiger partial charge is 0.339 e. The lowest BCUT2D eigenvalue weighted by molar-refractivity contribution is -0.316. The molecular weight excluding hydrogens is 945 g/mol. The molecular formula is C60H78O14. The summed E-state index contributed by atoms with van der Waals surface area (Å²) in [7, 11) is 0. The lowest BCUT2D eigenvalue weighted by Gasteiger charge is -2.55. The molecule has 74 heavy (non-hydrogen) atoms. The number of esters is 2. The van der Waals surface area contributed by atoms with Crippen molar-refractivity contribution in [3.63, 3.8) is 0 Å². The van der Waals surface area contributed by atoms with Crippen LogP contribution in [0.15, 0.2) is 78.9 Å². The Morgan fingerprint density at radius 2 is 1.42 bits per heavy atom. The number of hydrogen-bond acceptors (Lipinski definition) is 14. The van der Waals surface area contributed by atoms with Gasteiger partial charge in [-0.2, -0.15) is 0 Å². The molecule has 8 saturated heterocycles. The van der Waals surface area contributed by atoms with E-state index in [0.29, 0.717) is 50.0 Å². The Labute approximate surface area is 436 Å². The minimum atomic E-state index is -0.733. The van der Waals surface area contributed by atoms with Gasteiger partial charge in [-0.1, -0.05) is 81.1 Å². The van der Waals surface area contributed by atoms with E-state index in [-0.39, 0.29) is 123 Å². The molecule has 14 heteroatoms. The number of rotatable bonds is 5. The third kappa shape index (κ3) is 10.4. The van der Waals surface area contributed by atoms with E-state index in [4.69, 9.17) is 52.1 Å². The number of carbonyl (C=O) groups is 2. The highest BCUT2D eigenvalue weighted by molar-refractivity contribution is 6.04. The van der Waals surface area contributed by atoms with Crippen molar-refractivity contribution in [2.75, 3.05) is 6.61 Å². The quantitative estimate of drug-likeness (QED) is 0.224. The van der Waals surface area contributed by atoms with Gasteiger partial charge < -0.3 is 57.2 Å². The summed E-state index contributed by atoms with van der Waals surface area (Å²) in [6.45, 7) is 13.2. The summed E-state index contributed by atoms with van der Waals surface area (Å²) in [4.78, 5) is 25.5. The molecule has 0 amide bonds. The Morgan fingerprint density at radius 1 is 0.676 bits per heavy atom. The third-order valence-electron chi connectivity index (χ3n) is 18.4. The average molecular weight is 1020 g/mol. The van der Waals surface area contributed by atoms with Gasteiger partial charge in [0, 0.05) is 25.7 Å². The van der Waals surface area contributed by atoms with Crippen molar-refractivity contribution in [1.29, 1.82) is 0 Å². The van der Waals surface area contributed by atoms with E-state index in [0.717, 1.165) is 67.7 Å². The first-order valence-electron chi connectivity index (χ1n) is 28.2. The van der Waals surface area contributed by atoms with E-state index in [1.807, 2.05) is 36.4 Å². The first-order chi connectivity index (χ1) is 35.7. The van der Waals surface area contributed by atoms with Gasteiger partial charge in [-0.3, -0.25) is 4.79 Å². The number of benzene rings is 2. The summed E-state index contributed by atoms with van der Waals surface area (Å²) in [5, 5.41) is 13.4. The second kappa shape index (κ2) is 21.0. The Bertz CT molecular complexity index is 2440. The van der Waals surface area contributed by atoms with E-state index in [9.17, 15) is 14.7 Å². The molecule has 0 radical (unpaired) electrons. The lowest BCUT2D eigenvalue weighted by Crippen LogP contribution is -2.65. The zero-order chi connectivity index (χ0) is 50.9. The molecule has 0 saturated carbocycles. The highest BCUT2D eigenvalue weighted by Gasteiger charge is 2.57. The molecule has 402 valence electrons. The van der Waals surface area contributed by atoms with Gasteiger partial charge in [0.25, 0.3) is 0 Å². The van der Waals surface area contributed by atoms with Crippen LogP contribution in [-0.2, 0) is 56.9 Å². The van der Waals surface area contributed by atoms with Crippen LogP contribution < -0.4 is 0 Å². The molecule has 0 bridgehead atoms. The van der Waals surface area contributed by atoms with Crippen molar-refractivity contribution in [1.82, 2.24) is 0 Å². The van der Waals surface area contributed by atoms with Crippen LogP contribution >= 0.6 is 0 Å². The summed E-state index contributed by atoms with van der Waals surface area (Å²) in [6, 6.07) is 13.4. The van der Waals surface area contributed by atoms with Gasteiger partial charge in [0.05, 0.1) is 109 Å². The van der Waals surface area contributed by atoms with Gasteiger partial charge in [-0.25, -0.2) is 4.79 Å². The number of fused-ring (bicyclic) bond motifs is 10. The van der Waals surface area contributed by atoms with Gasteiger partial charge in [0.1, 0.15) is 31.0 Å². The maximum absolute atomic E-state index is 13.1. The van der Waals surface area contributed by atoms with Crippen molar-refractivity contribution in [2.45, 2.75) is 245 Å². The highest BCUT2D eigenvalue weighted by Crippen LogP contribution is 2.49. The molecule has 2 aromatic carbocycles. The molecule has 10 aliphatic rings. The number of ether oxygens (including phenoxy) is 11. The van der Waals surface area contributed by atoms with Crippen molar-refractivity contribution in [3.8, 4) is 0 Å². The molecule has 22 atom stereocenters. The van der Waals surface area contributed by atoms with Gasteiger partial charge >= 0.3 is 11.9 Å². The summed E-state index contributed by atoms with van der Waals surface area (Å²) in [5.41, 5.74) is 0.104. The Morgan fingerprint density at radius 3 is 2.30 bits per heavy atom. The Hall–Kier alpha value is -3.54. The molecule has 10 heterocycles. The molecule has 0 aliphatic carbocycles. The van der Waals surface area contributed by atoms with Crippen molar-refractivity contribution < 1.29 is 66.8 Å². The maximum Gasteiger partial charge on any atom is 0.339 e. The predicted octanol–water partition coefficient (Wildman–Crippen LogP) is 8.76. The zero-order valence-corrected chi connectivity index (χ0v) is 43.7. The van der Waals surface area contributed by atoms with Crippen molar-refractivity contribution >= 4 is 22.7 Å². The SMILES string of the molecule is C=C(COC(=O)c1cccc2ccccc12)C[C@@H]1C[C@H](O)[C@@H]2O[C@@H]3C[C@]4(C)O[C@@H]5C=CC[C@@H]6O[C@H]7C(C/C=C\CC6OC5CCCC4OC3CC2O1)OC1CC2OC3CC(=O)O[C@H]3C[C@@H](C)C[C@@]2(C)O[C@H]1C[C@@H]7C. The molecule has 0 spiro atoms. The highest BCUT2D eigenvalue weighted by atomic mass is 16.6. The standard InChI is InChI=1S/C60H78O14/c1-33-24-46-49(29-55(62)70-46)69-54-28-48-50(74-59(54,4)30-33)25-35(3)56-45(67-48)18-9-8-17-41-42(71-56)19-11-21-44-43(66-41)20-12-22-53-60(5,73-44)31-52-47(68-53)27-51-57(72-52)40(61)26-37(65-51)23-34(2)32-64-58(63)39-16-10-14-36-13-6-7-15-38(36)39/h6-11,13-16,21,33,35,37,40-54,56-57,61H,2,12,17-20,22-32H2,1,3-5H3/b9-8-,21-11?/t33-,35+,37-,40+,41?,42+,43?,44-,45?,46+,47?,48?,49?,50+,51?,52-,53?,54?,56-,57+,59-,60+/m1/s1. The van der Waals surface area contributed by atoms with Crippen molar-refractivity contribution in [3.05, 3.63) is 84.5 Å². The Balaban J connectivity index is 0.672. The van der Waals surface area contributed by atoms with Gasteiger partial charge in [-0.15, -0.1) is 0 Å². The van der Waals surface area contributed by atoms with Crippen LogP contribution in [0.3, 0.4) is 0 Å². The minimum absolute atomic E-state index is 0.0681. The number of hydrogen-bond donors (Lipinski definition) is 1. The monoisotopic (exact) mass is 1020 g/mol. The summed E-state index contributed by atoms with van der Waals surface area (Å²) < 4.78 is 74.6. The molecule has 8 fully saturated rings. The third-order valence-corrected chi connectivity index (χ3v) is 18.4. The van der Waals surface area contributed by atoms with E-state index in [1.165, 1.54) is 0 Å². The number of aliphatic hydroxyl groups is 1. The fourth-order valence-electron chi connectivity index (χ4n) is 14.8. The van der Waals surface area contributed by atoms with E-state index < -0.39 is 29.4 Å². The molecule has 1 N–H and O–H groups in total. The van der Waals surface area contributed by atoms with E-state index in [2.05, 4.69) is 58.6 Å². The molecule has 10 aliphatic heterocycles. The maximum atomic E-state index is 13.1. The largest absolute Gasteiger partial charge is 0.459 e. The summed E-state index contributed by atoms with van der Waals surface area (Å²) in [5.74, 6) is -0.0777. The van der Waals surface area contributed by atoms with E-state index >= 15 is 0 Å². The fraction of sp³-hybridized carbons (Fsp3) is 0.700. The van der Waals surface area contributed by atoms with Crippen LogP contribution in [0.25, 0.3) is 10.8 Å². The second-order valence-corrected chi connectivity index (χ2v) is 24.3. The molecule has 2 aromatic rings. The van der Waals surface area contributed by atoms with Gasteiger partial charge in [0.15, 0.2) is 0 Å². The minimum Gasteiger partial charge on any atom is -0.459 e. The molecule has 9 unspecified atom stereocenters. The van der Waals surface area contributed by atoms with Gasteiger partial charge in [-0.05, 0) is 112 Å². The second-order valence-electron chi connectivity index (χ2n) is 24.3. The predicted molar refractivity (Wildman–Crippen MR) is 272 cm³/mol. The summed E-state index contributed by atoms with van der Waals surface area (Å²) in [6.07, 6.45) is 14.6. The number of carbonyl (C=O) groups excluding carboxylic acids is 2. The first kappa shape index (κ1) is 51.2. The first-order valence-corrected chi connectivity index (χ1v) is 28.2. The topological polar surface area (TPSA) is 156 Å². The molecule has 0 aromatic heterocycles. The molecule has 14 nitrogen and oxygen atoms in total. The van der Waals surface area contributed by atoms with Crippen LogP contribution in [0.1, 0.15) is 134 Å².